The van der Waals surface area contributed by atoms with Crippen LogP contribution in [0.15, 0.2) is 151 Å². The Bertz CT molecular complexity index is 2890. The molecular weight excluding hydrogens is 560 g/mol. The van der Waals surface area contributed by atoms with Crippen molar-refractivity contribution in [2.45, 2.75) is 6.04 Å². The quantitative estimate of drug-likeness (QED) is 0.204. The van der Waals surface area contributed by atoms with Gasteiger partial charge in [0.25, 0.3) is 0 Å². The molecule has 0 saturated heterocycles. The Labute approximate surface area is 263 Å². The minimum Gasteiger partial charge on any atom is -0.370 e. The highest BCUT2D eigenvalue weighted by atomic mass is 15.2. The molecule has 3 aromatic heterocycles. The van der Waals surface area contributed by atoms with Crippen molar-refractivity contribution in [1.82, 2.24) is 8.97 Å². The Morgan fingerprint density at radius 3 is 2.09 bits per heavy atom. The van der Waals surface area contributed by atoms with Gasteiger partial charge in [-0.15, -0.1) is 0 Å². The molecule has 1 aliphatic rings. The molecule has 0 spiro atoms. The molecule has 0 radical (unpaired) electrons. The summed E-state index contributed by atoms with van der Waals surface area (Å²) < 4.78 is 4.92. The average molecular weight is 587 g/mol. The lowest BCUT2D eigenvalue weighted by atomic mass is 10.0. The van der Waals surface area contributed by atoms with Gasteiger partial charge in [0.05, 0.1) is 39.0 Å². The van der Waals surface area contributed by atoms with E-state index in [-0.39, 0.29) is 6.04 Å². The highest BCUT2D eigenvalue weighted by Gasteiger charge is 2.30. The molecule has 0 saturated carbocycles. The van der Waals surface area contributed by atoms with Crippen molar-refractivity contribution in [3.05, 3.63) is 151 Å². The van der Waals surface area contributed by atoms with Crippen molar-refractivity contribution in [3.8, 4) is 0 Å². The number of anilines is 1. The third kappa shape index (κ3) is 3.01. The maximum Gasteiger partial charge on any atom is 0.141 e. The summed E-state index contributed by atoms with van der Waals surface area (Å²) in [5, 5.41) is 14.0. The van der Waals surface area contributed by atoms with Gasteiger partial charge in [-0.05, 0) is 58.1 Å². The Balaban J connectivity index is 1.36. The first-order chi connectivity index (χ1) is 22.8. The first-order valence-electron chi connectivity index (χ1n) is 15.9. The summed E-state index contributed by atoms with van der Waals surface area (Å²) in [6.07, 6.45) is 0. The first kappa shape index (κ1) is 24.2. The topological polar surface area (TPSA) is 33.7 Å². The molecule has 1 unspecified atom stereocenters. The largest absolute Gasteiger partial charge is 0.370 e. The van der Waals surface area contributed by atoms with Gasteiger partial charge in [-0.3, -0.25) is 4.57 Å². The number of hydrogen-bond acceptors (Lipinski definition) is 2. The van der Waals surface area contributed by atoms with E-state index in [4.69, 9.17) is 4.99 Å². The SMILES string of the molecule is c1ccc(C2Nc3ccccc3N=C2n2c3cccc4c5cccc6c7c8ccccc8ccc7n(c7cccc2c7c43)c56)cc1. The third-order valence-electron chi connectivity index (χ3n) is 10.1. The Hall–Kier alpha value is -6.13. The van der Waals surface area contributed by atoms with E-state index in [1.54, 1.807) is 0 Å². The van der Waals surface area contributed by atoms with E-state index in [0.29, 0.717) is 0 Å². The van der Waals surface area contributed by atoms with Crippen LogP contribution in [-0.4, -0.2) is 14.8 Å². The second-order valence-corrected chi connectivity index (χ2v) is 12.4. The molecule has 4 heterocycles. The summed E-state index contributed by atoms with van der Waals surface area (Å²) in [6.45, 7) is 0. The van der Waals surface area contributed by atoms with E-state index in [0.717, 1.165) is 22.7 Å². The smallest absolute Gasteiger partial charge is 0.141 e. The highest BCUT2D eigenvalue weighted by Crippen LogP contribution is 2.46. The average Bonchev–Trinajstić information content (AvgIpc) is 3.60. The number of aliphatic imine (C=N–C) groups is 1. The van der Waals surface area contributed by atoms with Crippen molar-refractivity contribution >= 4 is 87.9 Å². The van der Waals surface area contributed by atoms with Gasteiger partial charge < -0.3 is 9.72 Å². The zero-order valence-electron chi connectivity index (χ0n) is 24.8. The number of fused-ring (bicyclic) bond motifs is 8. The van der Waals surface area contributed by atoms with E-state index in [9.17, 15) is 0 Å². The molecule has 10 aromatic rings. The summed E-state index contributed by atoms with van der Waals surface area (Å²) in [5.41, 5.74) is 9.21. The fourth-order valence-electron chi connectivity index (χ4n) is 8.21. The minimum atomic E-state index is -0.122. The minimum absolute atomic E-state index is 0.122. The summed E-state index contributed by atoms with van der Waals surface area (Å²) in [4.78, 5) is 5.42. The Morgan fingerprint density at radius 1 is 0.478 bits per heavy atom. The molecule has 7 aromatic carbocycles. The maximum absolute atomic E-state index is 5.42. The second-order valence-electron chi connectivity index (χ2n) is 12.4. The third-order valence-corrected chi connectivity index (χ3v) is 10.1. The molecule has 46 heavy (non-hydrogen) atoms. The van der Waals surface area contributed by atoms with Crippen LogP contribution in [0, 0.1) is 0 Å². The summed E-state index contributed by atoms with van der Waals surface area (Å²) in [7, 11) is 0. The van der Waals surface area contributed by atoms with Crippen molar-refractivity contribution in [1.29, 1.82) is 0 Å². The summed E-state index contributed by atoms with van der Waals surface area (Å²) in [6, 6.07) is 52.6. The number of benzene rings is 7. The molecule has 1 atom stereocenters. The van der Waals surface area contributed by atoms with E-state index in [2.05, 4.69) is 160 Å². The van der Waals surface area contributed by atoms with Crippen LogP contribution in [-0.2, 0) is 0 Å². The van der Waals surface area contributed by atoms with Crippen molar-refractivity contribution in [2.24, 2.45) is 4.99 Å². The fourth-order valence-corrected chi connectivity index (χ4v) is 8.21. The van der Waals surface area contributed by atoms with Crippen LogP contribution < -0.4 is 5.32 Å². The molecule has 11 rings (SSSR count). The fraction of sp³-hybridized carbons (Fsp3) is 0.0238. The molecule has 0 amide bonds. The van der Waals surface area contributed by atoms with Crippen LogP contribution in [0.1, 0.15) is 11.6 Å². The molecule has 214 valence electrons. The van der Waals surface area contributed by atoms with Gasteiger partial charge >= 0.3 is 0 Å². The van der Waals surface area contributed by atoms with Gasteiger partial charge in [-0.2, -0.15) is 0 Å². The van der Waals surface area contributed by atoms with Crippen LogP contribution in [0.5, 0.6) is 0 Å². The predicted octanol–water partition coefficient (Wildman–Crippen LogP) is 10.8. The van der Waals surface area contributed by atoms with Gasteiger partial charge in [0, 0.05) is 26.9 Å². The van der Waals surface area contributed by atoms with Crippen molar-refractivity contribution in [3.63, 3.8) is 0 Å². The molecule has 0 aliphatic carbocycles. The molecule has 0 fully saturated rings. The number of nitrogens with one attached hydrogen (secondary N) is 1. The Kier molecular flexibility index (Phi) is 4.60. The van der Waals surface area contributed by atoms with Crippen LogP contribution in [0.2, 0.25) is 0 Å². The van der Waals surface area contributed by atoms with E-state index < -0.39 is 0 Å². The van der Waals surface area contributed by atoms with Gasteiger partial charge in [0.1, 0.15) is 11.9 Å². The first-order valence-corrected chi connectivity index (χ1v) is 15.9. The summed E-state index contributed by atoms with van der Waals surface area (Å²) >= 11 is 0. The lowest BCUT2D eigenvalue weighted by Gasteiger charge is -2.29. The zero-order chi connectivity index (χ0) is 29.9. The van der Waals surface area contributed by atoms with Gasteiger partial charge in [0.2, 0.25) is 0 Å². The monoisotopic (exact) mass is 586 g/mol. The zero-order valence-corrected chi connectivity index (χ0v) is 24.8. The van der Waals surface area contributed by atoms with Gasteiger partial charge in [0.15, 0.2) is 0 Å². The number of para-hydroxylation sites is 3. The van der Waals surface area contributed by atoms with Crippen LogP contribution in [0.4, 0.5) is 11.4 Å². The van der Waals surface area contributed by atoms with E-state index in [1.807, 2.05) is 0 Å². The maximum atomic E-state index is 5.42. The van der Waals surface area contributed by atoms with Crippen LogP contribution in [0.3, 0.4) is 0 Å². The standard InChI is InChI=1S/C42H26N4/c1-2-12-26(13-3-1)40-42(44-32-19-7-6-18-31(32)43-40)46-33-20-9-15-28-29-16-8-17-30-37-27-14-5-4-11-25(27)23-24-36(37)45(41(29)30)34-21-10-22-35(46)39(34)38(28)33/h1-24,40,43H. The number of nitrogens with zero attached hydrogens (tertiary/aromatic N) is 3. The van der Waals surface area contributed by atoms with Crippen molar-refractivity contribution in [2.75, 3.05) is 5.32 Å². The lowest BCUT2D eigenvalue weighted by Crippen LogP contribution is -2.29. The molecule has 1 aliphatic heterocycles. The predicted molar refractivity (Wildman–Crippen MR) is 193 cm³/mol. The number of hydrogen-bond donors (Lipinski definition) is 1. The number of aromatic nitrogens is 2. The molecular formula is C42H26N4. The molecule has 1 N–H and O–H groups in total. The van der Waals surface area contributed by atoms with Crippen LogP contribution in [0.25, 0.3) is 70.7 Å². The lowest BCUT2D eigenvalue weighted by molar-refractivity contribution is 0.962. The highest BCUT2D eigenvalue weighted by molar-refractivity contribution is 6.34. The molecule has 4 nitrogen and oxygen atoms in total. The number of rotatable bonds is 1. The Morgan fingerprint density at radius 2 is 1.15 bits per heavy atom. The van der Waals surface area contributed by atoms with Gasteiger partial charge in [-0.1, -0.05) is 109 Å². The summed E-state index contributed by atoms with van der Waals surface area (Å²) in [5.74, 6) is 0.974. The normalized spacial score (nSPS) is 15.0. The van der Waals surface area contributed by atoms with E-state index >= 15 is 0 Å². The van der Waals surface area contributed by atoms with Crippen LogP contribution >= 0.6 is 0 Å². The van der Waals surface area contributed by atoms with Gasteiger partial charge in [-0.25, -0.2) is 4.99 Å². The van der Waals surface area contributed by atoms with E-state index in [1.165, 1.54) is 70.7 Å². The second kappa shape index (κ2) is 8.74. The molecule has 0 bridgehead atoms. The molecule has 4 heteroatoms. The van der Waals surface area contributed by atoms with Crippen molar-refractivity contribution < 1.29 is 0 Å².